The molecule has 1 rings (SSSR count). The number of benzene rings is 1. The van der Waals surface area contributed by atoms with Crippen LogP contribution in [0, 0.1) is 0 Å². The number of hydrazine groups is 1. The van der Waals surface area contributed by atoms with Crippen molar-refractivity contribution in [2.24, 2.45) is 11.6 Å². The lowest BCUT2D eigenvalue weighted by molar-refractivity contribution is -0.128. The summed E-state index contributed by atoms with van der Waals surface area (Å²) < 4.78 is 0. The van der Waals surface area contributed by atoms with Crippen LogP contribution in [0.25, 0.3) is 0 Å². The second kappa shape index (κ2) is 6.19. The molecule has 0 heterocycles. The Morgan fingerprint density at radius 3 is 2.37 bits per heavy atom. The topological polar surface area (TPSA) is 110 Å². The summed E-state index contributed by atoms with van der Waals surface area (Å²) in [6.07, 6.45) is 0.253. The molecule has 0 aliphatic rings. The number of nitrogens with two attached hydrogens (primary N) is 2. The second-order valence-electron chi connectivity index (χ2n) is 4.63. The second-order valence-corrected chi connectivity index (χ2v) is 4.63. The molecule has 1 aromatic carbocycles. The van der Waals surface area contributed by atoms with Gasteiger partial charge in [-0.2, -0.15) is 0 Å². The Bertz CT molecular complexity index is 450. The highest BCUT2D eigenvalue weighted by Crippen LogP contribution is 2.20. The summed E-state index contributed by atoms with van der Waals surface area (Å²) in [5.41, 5.74) is 5.00. The fourth-order valence-electron chi connectivity index (χ4n) is 1.85. The van der Waals surface area contributed by atoms with Gasteiger partial charge in [0.25, 0.3) is 0 Å². The first-order valence-corrected chi connectivity index (χ1v) is 5.99. The number of carboxylic acid groups (broad SMARTS) is 1. The van der Waals surface area contributed by atoms with E-state index in [4.69, 9.17) is 16.7 Å². The zero-order valence-electron chi connectivity index (χ0n) is 10.9. The molecule has 0 fully saturated rings. The number of nitrogens with zero attached hydrogens (tertiary/aromatic N) is 1. The van der Waals surface area contributed by atoms with Gasteiger partial charge in [0.2, 0.25) is 5.91 Å². The maximum atomic E-state index is 11.4. The summed E-state index contributed by atoms with van der Waals surface area (Å²) >= 11 is 0. The van der Waals surface area contributed by atoms with Crippen LogP contribution in [-0.4, -0.2) is 27.7 Å². The third-order valence-electron chi connectivity index (χ3n) is 3.24. The lowest BCUT2D eigenvalue weighted by Gasteiger charge is -2.33. The van der Waals surface area contributed by atoms with Gasteiger partial charge in [0.1, 0.15) is 5.54 Å². The minimum absolute atomic E-state index is 0.278. The number of carbonyl (C=O) groups excluding carboxylic acids is 1. The molecule has 6 nitrogen and oxygen atoms in total. The molecule has 104 valence electrons. The summed E-state index contributed by atoms with van der Waals surface area (Å²) in [4.78, 5) is 22.3. The molecule has 0 radical (unpaired) electrons. The number of amides is 2. The van der Waals surface area contributed by atoms with E-state index in [-0.39, 0.29) is 6.42 Å². The zero-order valence-corrected chi connectivity index (χ0v) is 10.9. The van der Waals surface area contributed by atoms with Crippen molar-refractivity contribution in [3.05, 3.63) is 35.9 Å². The van der Waals surface area contributed by atoms with Crippen LogP contribution < -0.4 is 11.6 Å². The van der Waals surface area contributed by atoms with Crippen LogP contribution in [0.5, 0.6) is 0 Å². The fraction of sp³-hybridized carbons (Fsp3) is 0.385. The van der Waals surface area contributed by atoms with Gasteiger partial charge in [0.05, 0.1) is 0 Å². The molecule has 0 saturated carbocycles. The molecule has 0 aliphatic carbocycles. The maximum Gasteiger partial charge on any atom is 0.422 e. The van der Waals surface area contributed by atoms with Crippen molar-refractivity contribution in [3.63, 3.8) is 0 Å². The van der Waals surface area contributed by atoms with Crippen LogP contribution in [0.3, 0.4) is 0 Å². The Morgan fingerprint density at radius 1 is 1.32 bits per heavy atom. The van der Waals surface area contributed by atoms with E-state index in [1.54, 1.807) is 0 Å². The summed E-state index contributed by atoms with van der Waals surface area (Å²) in [6.45, 7) is 1.44. The van der Waals surface area contributed by atoms with E-state index < -0.39 is 17.5 Å². The fourth-order valence-corrected chi connectivity index (χ4v) is 1.85. The van der Waals surface area contributed by atoms with E-state index in [0.717, 1.165) is 12.0 Å². The predicted molar refractivity (Wildman–Crippen MR) is 71.0 cm³/mol. The molecule has 0 saturated heterocycles. The van der Waals surface area contributed by atoms with Gasteiger partial charge in [-0.15, -0.1) is 0 Å². The van der Waals surface area contributed by atoms with E-state index >= 15 is 0 Å². The quantitative estimate of drug-likeness (QED) is 0.406. The number of rotatable bonds is 6. The van der Waals surface area contributed by atoms with Crippen LogP contribution in [0.1, 0.15) is 25.3 Å². The smallest absolute Gasteiger partial charge is 0.422 e. The highest BCUT2D eigenvalue weighted by atomic mass is 16.4. The van der Waals surface area contributed by atoms with Crippen LogP contribution in [0.2, 0.25) is 0 Å². The van der Waals surface area contributed by atoms with Crippen molar-refractivity contribution in [1.29, 1.82) is 0 Å². The number of hydrogen-bond donors (Lipinski definition) is 3. The lowest BCUT2D eigenvalue weighted by Crippen LogP contribution is -2.60. The van der Waals surface area contributed by atoms with E-state index in [1.165, 1.54) is 6.92 Å². The first-order valence-electron chi connectivity index (χ1n) is 5.99. The van der Waals surface area contributed by atoms with Gasteiger partial charge in [-0.05, 0) is 31.7 Å². The third kappa shape index (κ3) is 3.69. The van der Waals surface area contributed by atoms with Crippen molar-refractivity contribution >= 4 is 12.0 Å². The molecule has 0 spiro atoms. The zero-order chi connectivity index (χ0) is 14.5. The van der Waals surface area contributed by atoms with Crippen molar-refractivity contribution in [3.8, 4) is 0 Å². The largest absolute Gasteiger partial charge is 0.464 e. The molecule has 1 atom stereocenters. The molecule has 1 aromatic rings. The van der Waals surface area contributed by atoms with Crippen LogP contribution in [0.4, 0.5) is 4.79 Å². The minimum atomic E-state index is -1.39. The van der Waals surface area contributed by atoms with E-state index in [1.807, 2.05) is 30.3 Å². The number of primary amides is 1. The van der Waals surface area contributed by atoms with E-state index in [0.29, 0.717) is 11.4 Å². The van der Waals surface area contributed by atoms with Crippen LogP contribution in [-0.2, 0) is 11.2 Å². The summed E-state index contributed by atoms with van der Waals surface area (Å²) in [7, 11) is 0. The van der Waals surface area contributed by atoms with Gasteiger partial charge in [-0.25, -0.2) is 15.6 Å². The average Bonchev–Trinajstić information content (AvgIpc) is 2.38. The SMILES string of the molecule is CC(CCCc1ccccc1)(C(N)=O)N(N)C(=O)O. The molecule has 0 aromatic heterocycles. The Hall–Kier alpha value is -2.08. The standard InChI is InChI=1S/C13H19N3O3/c1-13(11(14)17,16(15)12(18)19)9-5-8-10-6-3-2-4-7-10/h2-4,6-7H,5,8-9,15H2,1H3,(H2,14,17)(H,18,19). The molecule has 19 heavy (non-hydrogen) atoms. The van der Waals surface area contributed by atoms with E-state index in [9.17, 15) is 9.59 Å². The maximum absolute atomic E-state index is 11.4. The Labute approximate surface area is 112 Å². The van der Waals surface area contributed by atoms with Gasteiger partial charge in [-0.3, -0.25) is 4.79 Å². The molecule has 2 amide bonds. The average molecular weight is 265 g/mol. The summed E-state index contributed by atoms with van der Waals surface area (Å²) in [5, 5.41) is 9.36. The van der Waals surface area contributed by atoms with Crippen molar-refractivity contribution in [2.75, 3.05) is 0 Å². The monoisotopic (exact) mass is 265 g/mol. The Morgan fingerprint density at radius 2 is 1.89 bits per heavy atom. The van der Waals surface area contributed by atoms with Crippen LogP contribution >= 0.6 is 0 Å². The van der Waals surface area contributed by atoms with Gasteiger partial charge < -0.3 is 10.8 Å². The van der Waals surface area contributed by atoms with E-state index in [2.05, 4.69) is 0 Å². The highest BCUT2D eigenvalue weighted by molar-refractivity contribution is 5.87. The van der Waals surface area contributed by atoms with Gasteiger partial charge in [0.15, 0.2) is 0 Å². The number of carbonyl (C=O) groups is 2. The lowest BCUT2D eigenvalue weighted by atomic mass is 9.92. The summed E-state index contributed by atoms with van der Waals surface area (Å²) in [6, 6.07) is 9.71. The molecular formula is C13H19N3O3. The van der Waals surface area contributed by atoms with Gasteiger partial charge in [0, 0.05) is 0 Å². The predicted octanol–water partition coefficient (Wildman–Crippen LogP) is 1.11. The van der Waals surface area contributed by atoms with Crippen molar-refractivity contribution in [2.45, 2.75) is 31.7 Å². The molecule has 1 unspecified atom stereocenters. The van der Waals surface area contributed by atoms with Gasteiger partial charge >= 0.3 is 6.09 Å². The molecule has 6 heteroatoms. The first-order chi connectivity index (χ1) is 8.88. The van der Waals surface area contributed by atoms with Gasteiger partial charge in [-0.1, -0.05) is 30.3 Å². The minimum Gasteiger partial charge on any atom is -0.464 e. The Kier molecular flexibility index (Phi) is 4.88. The van der Waals surface area contributed by atoms with Crippen molar-refractivity contribution < 1.29 is 14.7 Å². The molecule has 0 aliphatic heterocycles. The molecule has 5 N–H and O–H groups in total. The number of hydrogen-bond acceptors (Lipinski definition) is 3. The van der Waals surface area contributed by atoms with Crippen LogP contribution in [0.15, 0.2) is 30.3 Å². The highest BCUT2D eigenvalue weighted by Gasteiger charge is 2.39. The van der Waals surface area contributed by atoms with Crippen molar-refractivity contribution in [1.82, 2.24) is 5.01 Å². The normalized spacial score (nSPS) is 13.6. The third-order valence-corrected chi connectivity index (χ3v) is 3.24. The Balaban J connectivity index is 2.65. The number of aryl methyl sites for hydroxylation is 1. The summed E-state index contributed by atoms with van der Waals surface area (Å²) in [5.74, 6) is 4.66. The molecular weight excluding hydrogens is 246 g/mol. The molecule has 0 bridgehead atoms. The first kappa shape index (κ1) is 15.0.